The largest absolute Gasteiger partial charge is 0.355 e. The molecule has 0 aromatic carbocycles. The fourth-order valence-electron chi connectivity index (χ4n) is 1.74. The summed E-state index contributed by atoms with van der Waals surface area (Å²) in [5.41, 5.74) is 8.02. The van der Waals surface area contributed by atoms with Crippen molar-refractivity contribution in [1.29, 1.82) is 0 Å². The molecule has 0 saturated heterocycles. The smallest absolute Gasteiger partial charge is 0.128 e. The SMILES string of the molecule is C[C@@H](N)c1ccc(N(C)Cc2cccnc2)nc1. The molecule has 2 rings (SSSR count). The first kappa shape index (κ1) is 12.5. The molecule has 1 atom stereocenters. The van der Waals surface area contributed by atoms with Crippen LogP contribution in [0.1, 0.15) is 24.1 Å². The van der Waals surface area contributed by atoms with Crippen molar-refractivity contribution < 1.29 is 0 Å². The highest BCUT2D eigenvalue weighted by molar-refractivity contribution is 5.39. The number of aromatic nitrogens is 2. The summed E-state index contributed by atoms with van der Waals surface area (Å²) in [5, 5.41) is 0. The minimum absolute atomic E-state index is 0.0233. The Bertz CT molecular complexity index is 479. The van der Waals surface area contributed by atoms with Crippen LogP contribution in [0.5, 0.6) is 0 Å². The topological polar surface area (TPSA) is 55.0 Å². The van der Waals surface area contributed by atoms with E-state index in [1.54, 1.807) is 6.20 Å². The van der Waals surface area contributed by atoms with Gasteiger partial charge in [0.1, 0.15) is 5.82 Å². The first-order chi connectivity index (χ1) is 8.66. The zero-order valence-electron chi connectivity index (χ0n) is 10.7. The first-order valence-electron chi connectivity index (χ1n) is 5.98. The van der Waals surface area contributed by atoms with E-state index >= 15 is 0 Å². The maximum absolute atomic E-state index is 5.80. The van der Waals surface area contributed by atoms with Crippen LogP contribution < -0.4 is 10.6 Å². The van der Waals surface area contributed by atoms with Crippen LogP contribution in [0.2, 0.25) is 0 Å². The van der Waals surface area contributed by atoms with Crippen molar-refractivity contribution in [1.82, 2.24) is 9.97 Å². The van der Waals surface area contributed by atoms with Gasteiger partial charge < -0.3 is 10.6 Å². The van der Waals surface area contributed by atoms with Gasteiger partial charge in [-0.3, -0.25) is 4.98 Å². The van der Waals surface area contributed by atoms with Gasteiger partial charge in [-0.15, -0.1) is 0 Å². The number of rotatable bonds is 4. The molecule has 0 radical (unpaired) electrons. The molecule has 0 saturated carbocycles. The van der Waals surface area contributed by atoms with Crippen LogP contribution in [0.3, 0.4) is 0 Å². The van der Waals surface area contributed by atoms with Crippen molar-refractivity contribution in [3.05, 3.63) is 54.0 Å². The van der Waals surface area contributed by atoms with Gasteiger partial charge in [-0.1, -0.05) is 12.1 Å². The Kier molecular flexibility index (Phi) is 3.89. The van der Waals surface area contributed by atoms with Gasteiger partial charge in [0.25, 0.3) is 0 Å². The molecular weight excluding hydrogens is 224 g/mol. The third kappa shape index (κ3) is 3.05. The maximum atomic E-state index is 5.80. The van der Waals surface area contributed by atoms with Crippen molar-refractivity contribution in [3.8, 4) is 0 Å². The monoisotopic (exact) mass is 242 g/mol. The van der Waals surface area contributed by atoms with E-state index in [-0.39, 0.29) is 6.04 Å². The van der Waals surface area contributed by atoms with Gasteiger partial charge in [-0.25, -0.2) is 4.98 Å². The highest BCUT2D eigenvalue weighted by Crippen LogP contribution is 2.15. The summed E-state index contributed by atoms with van der Waals surface area (Å²) >= 11 is 0. The van der Waals surface area contributed by atoms with Crippen molar-refractivity contribution in [3.63, 3.8) is 0 Å². The molecule has 4 heteroatoms. The zero-order valence-corrected chi connectivity index (χ0v) is 10.7. The lowest BCUT2D eigenvalue weighted by Gasteiger charge is -2.18. The highest BCUT2D eigenvalue weighted by atomic mass is 15.2. The zero-order chi connectivity index (χ0) is 13.0. The molecule has 0 aliphatic rings. The van der Waals surface area contributed by atoms with Crippen LogP contribution >= 0.6 is 0 Å². The molecule has 0 spiro atoms. The Morgan fingerprint density at radius 2 is 2.11 bits per heavy atom. The number of nitrogens with zero attached hydrogens (tertiary/aromatic N) is 3. The van der Waals surface area contributed by atoms with Gasteiger partial charge in [0, 0.05) is 38.2 Å². The van der Waals surface area contributed by atoms with E-state index in [1.165, 1.54) is 0 Å². The van der Waals surface area contributed by atoms with Crippen molar-refractivity contribution in [2.45, 2.75) is 19.5 Å². The molecule has 4 nitrogen and oxygen atoms in total. The van der Waals surface area contributed by atoms with Gasteiger partial charge in [0.2, 0.25) is 0 Å². The molecule has 2 N–H and O–H groups in total. The standard InChI is InChI=1S/C14H18N4/c1-11(15)13-5-6-14(17-9-13)18(2)10-12-4-3-7-16-8-12/h3-9,11H,10,15H2,1-2H3/t11-/m1/s1. The number of hydrogen-bond acceptors (Lipinski definition) is 4. The Labute approximate surface area is 107 Å². The van der Waals surface area contributed by atoms with Crippen molar-refractivity contribution >= 4 is 5.82 Å². The van der Waals surface area contributed by atoms with E-state index in [0.717, 1.165) is 23.5 Å². The Balaban J connectivity index is 2.07. The minimum Gasteiger partial charge on any atom is -0.355 e. The molecule has 0 bridgehead atoms. The van der Waals surface area contributed by atoms with Crippen LogP contribution in [0.25, 0.3) is 0 Å². The van der Waals surface area contributed by atoms with E-state index in [1.807, 2.05) is 44.6 Å². The summed E-state index contributed by atoms with van der Waals surface area (Å²) < 4.78 is 0. The van der Waals surface area contributed by atoms with Crippen LogP contribution in [-0.4, -0.2) is 17.0 Å². The second kappa shape index (κ2) is 5.60. The molecular formula is C14H18N4. The Hall–Kier alpha value is -1.94. The molecule has 0 fully saturated rings. The number of nitrogens with two attached hydrogens (primary N) is 1. The van der Waals surface area contributed by atoms with Gasteiger partial charge in [-0.05, 0) is 30.2 Å². The van der Waals surface area contributed by atoms with Crippen LogP contribution in [0, 0.1) is 0 Å². The fraction of sp³-hybridized carbons (Fsp3) is 0.286. The molecule has 0 aliphatic carbocycles. The van der Waals surface area contributed by atoms with E-state index in [9.17, 15) is 0 Å². The lowest BCUT2D eigenvalue weighted by molar-refractivity contribution is 0.807. The van der Waals surface area contributed by atoms with Gasteiger partial charge in [0.15, 0.2) is 0 Å². The summed E-state index contributed by atoms with van der Waals surface area (Å²) in [6.07, 6.45) is 5.48. The van der Waals surface area contributed by atoms with E-state index < -0.39 is 0 Å². The molecule has 0 aliphatic heterocycles. The number of anilines is 1. The quantitative estimate of drug-likeness (QED) is 0.892. The van der Waals surface area contributed by atoms with Crippen LogP contribution in [0.15, 0.2) is 42.9 Å². The Morgan fingerprint density at radius 1 is 1.28 bits per heavy atom. The van der Waals surface area contributed by atoms with Crippen LogP contribution in [-0.2, 0) is 6.54 Å². The van der Waals surface area contributed by atoms with Crippen LogP contribution in [0.4, 0.5) is 5.82 Å². The third-order valence-electron chi connectivity index (χ3n) is 2.83. The molecule has 2 aromatic heterocycles. The van der Waals surface area contributed by atoms with Gasteiger partial charge in [-0.2, -0.15) is 0 Å². The molecule has 0 unspecified atom stereocenters. The minimum atomic E-state index is 0.0233. The normalized spacial score (nSPS) is 12.2. The molecule has 18 heavy (non-hydrogen) atoms. The van der Waals surface area contributed by atoms with E-state index in [4.69, 9.17) is 5.73 Å². The second-order valence-corrected chi connectivity index (χ2v) is 4.46. The average Bonchev–Trinajstić information content (AvgIpc) is 2.40. The predicted octanol–water partition coefficient (Wildman–Crippen LogP) is 2.13. The number of pyridine rings is 2. The molecule has 94 valence electrons. The summed E-state index contributed by atoms with van der Waals surface area (Å²) in [6.45, 7) is 2.74. The summed E-state index contributed by atoms with van der Waals surface area (Å²) in [7, 11) is 2.01. The van der Waals surface area contributed by atoms with E-state index in [0.29, 0.717) is 0 Å². The molecule has 0 amide bonds. The third-order valence-corrected chi connectivity index (χ3v) is 2.83. The van der Waals surface area contributed by atoms with Gasteiger partial charge >= 0.3 is 0 Å². The maximum Gasteiger partial charge on any atom is 0.128 e. The first-order valence-corrected chi connectivity index (χ1v) is 5.98. The van der Waals surface area contributed by atoms with Gasteiger partial charge in [0.05, 0.1) is 0 Å². The second-order valence-electron chi connectivity index (χ2n) is 4.46. The lowest BCUT2D eigenvalue weighted by atomic mass is 10.1. The lowest BCUT2D eigenvalue weighted by Crippen LogP contribution is -2.18. The summed E-state index contributed by atoms with van der Waals surface area (Å²) in [5.74, 6) is 0.934. The Morgan fingerprint density at radius 3 is 2.67 bits per heavy atom. The van der Waals surface area contributed by atoms with Crippen molar-refractivity contribution in [2.24, 2.45) is 5.73 Å². The molecule has 2 heterocycles. The molecule has 2 aromatic rings. The van der Waals surface area contributed by atoms with E-state index in [2.05, 4.69) is 20.9 Å². The fourth-order valence-corrected chi connectivity index (χ4v) is 1.74. The number of hydrogen-bond donors (Lipinski definition) is 1. The summed E-state index contributed by atoms with van der Waals surface area (Å²) in [4.78, 5) is 10.6. The highest BCUT2D eigenvalue weighted by Gasteiger charge is 2.05. The average molecular weight is 242 g/mol. The predicted molar refractivity (Wildman–Crippen MR) is 73.2 cm³/mol. The van der Waals surface area contributed by atoms with Crippen molar-refractivity contribution in [2.75, 3.05) is 11.9 Å². The summed E-state index contributed by atoms with van der Waals surface area (Å²) in [6, 6.07) is 8.03.